The van der Waals surface area contributed by atoms with E-state index in [1.165, 1.54) is 4.88 Å². The van der Waals surface area contributed by atoms with Gasteiger partial charge >= 0.3 is 0 Å². The minimum absolute atomic E-state index is 0.273. The van der Waals surface area contributed by atoms with Gasteiger partial charge in [0.2, 0.25) is 0 Å². The molecule has 1 fully saturated rings. The van der Waals surface area contributed by atoms with Gasteiger partial charge < -0.3 is 18.9 Å². The van der Waals surface area contributed by atoms with Crippen LogP contribution in [0.3, 0.4) is 0 Å². The van der Waals surface area contributed by atoms with Crippen LogP contribution in [-0.4, -0.2) is 33.5 Å². The van der Waals surface area contributed by atoms with E-state index in [1.54, 1.807) is 25.6 Å². The van der Waals surface area contributed by atoms with Crippen molar-refractivity contribution in [2.75, 3.05) is 27.4 Å². The second-order valence-electron chi connectivity index (χ2n) is 3.58. The molecule has 1 aliphatic heterocycles. The number of methoxy groups -OCH3 is 2. The van der Waals surface area contributed by atoms with Gasteiger partial charge in [-0.2, -0.15) is 0 Å². The fraction of sp³-hybridized carbons (Fsp3) is 0.636. The molecule has 0 radical (unpaired) electrons. The molecule has 1 aromatic heterocycles. The lowest BCUT2D eigenvalue weighted by molar-refractivity contribution is -0.103. The van der Waals surface area contributed by atoms with E-state index < -0.39 is 0 Å². The van der Waals surface area contributed by atoms with Crippen LogP contribution in [0.15, 0.2) is 12.1 Å². The van der Waals surface area contributed by atoms with E-state index in [1.807, 2.05) is 12.1 Å². The summed E-state index contributed by atoms with van der Waals surface area (Å²) in [5, 5.41) is 0. The predicted molar refractivity (Wildman–Crippen MR) is 60.5 cm³/mol. The van der Waals surface area contributed by atoms with Gasteiger partial charge in [0.15, 0.2) is 6.29 Å². The molecule has 0 aromatic carbocycles. The topological polar surface area (TPSA) is 40.2 Å². The fourth-order valence-corrected chi connectivity index (χ4v) is 2.39. The Hall–Kier alpha value is -0.460. The molecule has 0 aliphatic carbocycles. The highest BCUT2D eigenvalue weighted by atomic mass is 32.1. The summed E-state index contributed by atoms with van der Waals surface area (Å²) >= 11 is 1.65. The van der Waals surface area contributed by atoms with Gasteiger partial charge in [0, 0.05) is 19.1 Å². The van der Waals surface area contributed by atoms with Gasteiger partial charge in [-0.25, -0.2) is 0 Å². The van der Waals surface area contributed by atoms with Gasteiger partial charge in [-0.3, -0.25) is 0 Å². The first-order valence-electron chi connectivity index (χ1n) is 5.17. The highest BCUT2D eigenvalue weighted by Crippen LogP contribution is 2.26. The van der Waals surface area contributed by atoms with Crippen molar-refractivity contribution in [1.29, 1.82) is 0 Å². The van der Waals surface area contributed by atoms with Crippen LogP contribution in [0.1, 0.15) is 16.0 Å². The molecular weight excluding hydrogens is 228 g/mol. The quantitative estimate of drug-likeness (QED) is 0.543. The average molecular weight is 244 g/mol. The van der Waals surface area contributed by atoms with Gasteiger partial charge in [-0.1, -0.05) is 0 Å². The first kappa shape index (κ1) is 12.0. The molecule has 1 aliphatic rings. The van der Waals surface area contributed by atoms with Crippen LogP contribution in [0.25, 0.3) is 0 Å². The van der Waals surface area contributed by atoms with E-state index in [0.29, 0.717) is 19.3 Å². The maximum atomic E-state index is 5.51. The Kier molecular flexibility index (Phi) is 4.31. The number of hydrogen-bond donors (Lipinski definition) is 0. The van der Waals surface area contributed by atoms with E-state index in [2.05, 4.69) is 0 Å². The summed E-state index contributed by atoms with van der Waals surface area (Å²) in [5.41, 5.74) is 0. The smallest absolute Gasteiger partial charge is 0.192 e. The third-order valence-electron chi connectivity index (χ3n) is 2.29. The van der Waals surface area contributed by atoms with Crippen molar-refractivity contribution < 1.29 is 18.9 Å². The molecule has 2 heterocycles. The Balaban J connectivity index is 1.80. The van der Waals surface area contributed by atoms with Gasteiger partial charge in [-0.15, -0.1) is 11.3 Å². The Morgan fingerprint density at radius 2 is 2.19 bits per heavy atom. The molecule has 0 spiro atoms. The first-order valence-corrected chi connectivity index (χ1v) is 5.98. The number of thiophene rings is 1. The number of ether oxygens (including phenoxy) is 4. The molecule has 16 heavy (non-hydrogen) atoms. The summed E-state index contributed by atoms with van der Waals surface area (Å²) in [6.07, 6.45) is 0.0515. The predicted octanol–water partition coefficient (Wildman–Crippen LogP) is 1.95. The molecule has 90 valence electrons. The summed E-state index contributed by atoms with van der Waals surface area (Å²) in [4.78, 5) is 2.24. The Labute approximate surface area is 99.1 Å². The van der Waals surface area contributed by atoms with Crippen LogP contribution in [0, 0.1) is 0 Å². The zero-order chi connectivity index (χ0) is 11.4. The Morgan fingerprint density at radius 3 is 2.81 bits per heavy atom. The molecule has 0 saturated carbocycles. The summed E-state index contributed by atoms with van der Waals surface area (Å²) in [6, 6.07) is 4.05. The lowest BCUT2D eigenvalue weighted by Gasteiger charge is -2.10. The largest absolute Gasteiger partial charge is 0.373 e. The van der Waals surface area contributed by atoms with E-state index >= 15 is 0 Å². The van der Waals surface area contributed by atoms with Crippen molar-refractivity contribution in [3.05, 3.63) is 21.9 Å². The van der Waals surface area contributed by atoms with E-state index in [9.17, 15) is 0 Å². The number of rotatable bonds is 7. The molecule has 0 bridgehead atoms. The molecule has 2 rings (SSSR count). The van der Waals surface area contributed by atoms with Gasteiger partial charge in [0.05, 0.1) is 24.7 Å². The van der Waals surface area contributed by atoms with Crippen LogP contribution >= 0.6 is 11.3 Å². The van der Waals surface area contributed by atoms with Crippen LogP contribution in [-0.2, 0) is 25.6 Å². The molecule has 5 heteroatoms. The van der Waals surface area contributed by atoms with Crippen molar-refractivity contribution in [3.8, 4) is 0 Å². The van der Waals surface area contributed by atoms with E-state index in [4.69, 9.17) is 18.9 Å². The Bertz CT molecular complexity index is 318. The zero-order valence-electron chi connectivity index (χ0n) is 9.47. The maximum absolute atomic E-state index is 5.51. The highest BCUT2D eigenvalue weighted by molar-refractivity contribution is 7.12. The van der Waals surface area contributed by atoms with Crippen molar-refractivity contribution in [2.24, 2.45) is 0 Å². The second kappa shape index (κ2) is 5.75. The van der Waals surface area contributed by atoms with Crippen LogP contribution in [0.2, 0.25) is 0 Å². The average Bonchev–Trinajstić information content (AvgIpc) is 3.00. The second-order valence-corrected chi connectivity index (χ2v) is 4.78. The minimum Gasteiger partial charge on any atom is -0.373 e. The molecule has 1 aromatic rings. The molecule has 1 unspecified atom stereocenters. The lowest BCUT2D eigenvalue weighted by Crippen LogP contribution is -2.01. The molecule has 0 amide bonds. The monoisotopic (exact) mass is 244 g/mol. The molecule has 1 atom stereocenters. The van der Waals surface area contributed by atoms with Gasteiger partial charge in [-0.05, 0) is 12.1 Å². The van der Waals surface area contributed by atoms with Crippen molar-refractivity contribution in [1.82, 2.24) is 0 Å². The van der Waals surface area contributed by atoms with Crippen molar-refractivity contribution in [2.45, 2.75) is 19.0 Å². The number of hydrogen-bond acceptors (Lipinski definition) is 5. The molecule has 4 nitrogen and oxygen atoms in total. The minimum atomic E-state index is -0.273. The lowest BCUT2D eigenvalue weighted by atomic mass is 10.4. The normalized spacial score (nSPS) is 19.3. The third-order valence-corrected chi connectivity index (χ3v) is 3.37. The summed E-state index contributed by atoms with van der Waals surface area (Å²) in [5.74, 6) is 0. The third kappa shape index (κ3) is 3.26. The first-order chi connectivity index (χ1) is 7.83. The standard InChI is InChI=1S/C11H16O4S/c1-12-11(13-2)10-4-3-9(16-10)7-14-5-8-6-15-8/h3-4,8,11H,5-7H2,1-2H3. The van der Waals surface area contributed by atoms with Crippen LogP contribution < -0.4 is 0 Å². The number of epoxide rings is 1. The SMILES string of the molecule is COC(OC)c1ccc(COCC2CO2)s1. The zero-order valence-corrected chi connectivity index (χ0v) is 10.3. The van der Waals surface area contributed by atoms with Crippen LogP contribution in [0.5, 0.6) is 0 Å². The van der Waals surface area contributed by atoms with Gasteiger partial charge in [0.25, 0.3) is 0 Å². The summed E-state index contributed by atoms with van der Waals surface area (Å²) < 4.78 is 20.9. The van der Waals surface area contributed by atoms with Crippen LogP contribution in [0.4, 0.5) is 0 Å². The van der Waals surface area contributed by atoms with E-state index in [0.717, 1.165) is 11.5 Å². The summed E-state index contributed by atoms with van der Waals surface area (Å²) in [7, 11) is 3.27. The summed E-state index contributed by atoms with van der Waals surface area (Å²) in [6.45, 7) is 2.15. The van der Waals surface area contributed by atoms with Gasteiger partial charge in [0.1, 0.15) is 6.10 Å². The molecule has 1 saturated heterocycles. The Morgan fingerprint density at radius 1 is 1.44 bits per heavy atom. The van der Waals surface area contributed by atoms with E-state index in [-0.39, 0.29) is 6.29 Å². The fourth-order valence-electron chi connectivity index (χ4n) is 1.38. The molecule has 0 N–H and O–H groups in total. The highest BCUT2D eigenvalue weighted by Gasteiger charge is 2.22. The van der Waals surface area contributed by atoms with Crippen molar-refractivity contribution >= 4 is 11.3 Å². The molecular formula is C11H16O4S. The van der Waals surface area contributed by atoms with Crippen molar-refractivity contribution in [3.63, 3.8) is 0 Å². The maximum Gasteiger partial charge on any atom is 0.192 e.